The van der Waals surface area contributed by atoms with E-state index >= 15 is 0 Å². The molecular formula is C18H24N2O2S. The predicted octanol–water partition coefficient (Wildman–Crippen LogP) is 3.46. The molecule has 4 rings (SSSR count). The van der Waals surface area contributed by atoms with Crippen molar-refractivity contribution < 1.29 is 9.47 Å². The quantitative estimate of drug-likeness (QED) is 0.859. The van der Waals surface area contributed by atoms with Gasteiger partial charge in [-0.25, -0.2) is 0 Å². The van der Waals surface area contributed by atoms with Crippen molar-refractivity contribution in [1.82, 2.24) is 9.88 Å². The van der Waals surface area contributed by atoms with Gasteiger partial charge in [-0.3, -0.25) is 9.88 Å². The largest absolute Gasteiger partial charge is 0.381 e. The van der Waals surface area contributed by atoms with Gasteiger partial charge in [0.2, 0.25) is 0 Å². The lowest BCUT2D eigenvalue weighted by molar-refractivity contribution is -0.0851. The van der Waals surface area contributed by atoms with Crippen molar-refractivity contribution in [2.75, 3.05) is 26.3 Å². The third-order valence-electron chi connectivity index (χ3n) is 4.85. The molecule has 4 nitrogen and oxygen atoms in total. The number of ether oxygens (including phenoxy) is 2. The lowest BCUT2D eigenvalue weighted by Crippen LogP contribution is -2.39. The number of piperidine rings is 1. The van der Waals surface area contributed by atoms with E-state index in [0.717, 1.165) is 64.0 Å². The van der Waals surface area contributed by atoms with Crippen LogP contribution in [0.1, 0.15) is 31.2 Å². The molecule has 2 aliphatic heterocycles. The second-order valence-corrected chi connectivity index (χ2v) is 7.52. The number of thiophene rings is 1. The highest BCUT2D eigenvalue weighted by Crippen LogP contribution is 2.23. The topological polar surface area (TPSA) is 34.6 Å². The Morgan fingerprint density at radius 3 is 2.78 bits per heavy atom. The van der Waals surface area contributed by atoms with Gasteiger partial charge >= 0.3 is 0 Å². The summed E-state index contributed by atoms with van der Waals surface area (Å²) >= 11 is 1.77. The summed E-state index contributed by atoms with van der Waals surface area (Å²) in [5, 5.41) is 2.11. The smallest absolute Gasteiger partial charge is 0.0809 e. The van der Waals surface area contributed by atoms with E-state index in [9.17, 15) is 0 Å². The van der Waals surface area contributed by atoms with E-state index in [1.165, 1.54) is 10.3 Å². The van der Waals surface area contributed by atoms with Crippen LogP contribution in [0, 0.1) is 0 Å². The first-order valence-corrected chi connectivity index (χ1v) is 9.52. The molecule has 2 saturated heterocycles. The molecule has 0 radical (unpaired) electrons. The van der Waals surface area contributed by atoms with Gasteiger partial charge in [0.15, 0.2) is 0 Å². The maximum atomic E-state index is 6.26. The molecule has 0 aliphatic carbocycles. The lowest BCUT2D eigenvalue weighted by atomic mass is 10.1. The number of pyridine rings is 1. The SMILES string of the molecule is c1cc2ncc(CN3CCC(OC4CCOCC4)CC3)cc2s1. The number of aromatic nitrogens is 1. The minimum Gasteiger partial charge on any atom is -0.381 e. The van der Waals surface area contributed by atoms with Gasteiger partial charge in [-0.05, 0) is 48.8 Å². The van der Waals surface area contributed by atoms with Gasteiger partial charge in [0.05, 0.1) is 22.4 Å². The van der Waals surface area contributed by atoms with Gasteiger partial charge in [-0.15, -0.1) is 11.3 Å². The molecule has 4 heterocycles. The Hall–Kier alpha value is -1.01. The number of fused-ring (bicyclic) bond motifs is 1. The molecule has 0 aromatic carbocycles. The molecule has 0 atom stereocenters. The van der Waals surface area contributed by atoms with E-state index in [-0.39, 0.29) is 0 Å². The first-order chi connectivity index (χ1) is 11.4. The summed E-state index contributed by atoms with van der Waals surface area (Å²) in [6.45, 7) is 4.97. The van der Waals surface area contributed by atoms with E-state index in [1.807, 2.05) is 6.20 Å². The van der Waals surface area contributed by atoms with Crippen molar-refractivity contribution >= 4 is 21.6 Å². The standard InChI is InChI=1S/C18H24N2O2S/c1-6-20(7-2-15(1)22-16-3-8-21-9-4-16)13-14-11-18-17(19-12-14)5-10-23-18/h5,10-12,15-16H,1-4,6-9,13H2. The highest BCUT2D eigenvalue weighted by Gasteiger charge is 2.24. The van der Waals surface area contributed by atoms with Gasteiger partial charge in [0.25, 0.3) is 0 Å². The van der Waals surface area contributed by atoms with Crippen molar-refractivity contribution in [3.8, 4) is 0 Å². The second kappa shape index (κ2) is 7.26. The Bertz CT molecular complexity index is 631. The molecule has 2 aromatic heterocycles. The van der Waals surface area contributed by atoms with Gasteiger partial charge in [0, 0.05) is 39.0 Å². The fourth-order valence-electron chi connectivity index (χ4n) is 3.52. The van der Waals surface area contributed by atoms with Crippen molar-refractivity contribution in [3.63, 3.8) is 0 Å². The fraction of sp³-hybridized carbons (Fsp3) is 0.611. The highest BCUT2D eigenvalue weighted by atomic mass is 32.1. The lowest BCUT2D eigenvalue weighted by Gasteiger charge is -2.34. The molecule has 0 bridgehead atoms. The van der Waals surface area contributed by atoms with Crippen LogP contribution in [0.25, 0.3) is 10.2 Å². The minimum absolute atomic E-state index is 0.422. The summed E-state index contributed by atoms with van der Waals surface area (Å²) < 4.78 is 13.0. The predicted molar refractivity (Wildman–Crippen MR) is 92.8 cm³/mol. The molecule has 0 N–H and O–H groups in total. The van der Waals surface area contributed by atoms with Crippen LogP contribution in [0.4, 0.5) is 0 Å². The van der Waals surface area contributed by atoms with Gasteiger partial charge < -0.3 is 9.47 Å². The van der Waals surface area contributed by atoms with Crippen LogP contribution < -0.4 is 0 Å². The fourth-order valence-corrected chi connectivity index (χ4v) is 4.32. The van der Waals surface area contributed by atoms with Crippen LogP contribution in [-0.4, -0.2) is 48.4 Å². The summed E-state index contributed by atoms with van der Waals surface area (Å²) in [5.74, 6) is 0. The molecule has 0 saturated carbocycles. The molecule has 124 valence electrons. The monoisotopic (exact) mass is 332 g/mol. The molecule has 0 unspecified atom stereocenters. The third-order valence-corrected chi connectivity index (χ3v) is 5.71. The van der Waals surface area contributed by atoms with Crippen molar-refractivity contribution in [2.24, 2.45) is 0 Å². The minimum atomic E-state index is 0.422. The third kappa shape index (κ3) is 3.91. The van der Waals surface area contributed by atoms with E-state index in [0.29, 0.717) is 12.2 Å². The number of hydrogen-bond donors (Lipinski definition) is 0. The zero-order chi connectivity index (χ0) is 15.5. The second-order valence-electron chi connectivity index (χ2n) is 6.57. The van der Waals surface area contributed by atoms with Crippen LogP contribution in [0.2, 0.25) is 0 Å². The molecule has 2 aromatic rings. The molecular weight excluding hydrogens is 308 g/mol. The summed E-state index contributed by atoms with van der Waals surface area (Å²) in [6.07, 6.45) is 7.30. The van der Waals surface area contributed by atoms with Gasteiger partial charge in [-0.2, -0.15) is 0 Å². The van der Waals surface area contributed by atoms with Crippen LogP contribution in [0.3, 0.4) is 0 Å². The number of likely N-dealkylation sites (tertiary alicyclic amines) is 1. The summed E-state index contributed by atoms with van der Waals surface area (Å²) in [6, 6.07) is 4.38. The molecule has 2 aliphatic rings. The molecule has 0 spiro atoms. The van der Waals surface area contributed by atoms with Crippen LogP contribution in [0.15, 0.2) is 23.7 Å². The number of hydrogen-bond acceptors (Lipinski definition) is 5. The first-order valence-electron chi connectivity index (χ1n) is 8.64. The van der Waals surface area contributed by atoms with E-state index < -0.39 is 0 Å². The Labute approximate surface area is 141 Å². The van der Waals surface area contributed by atoms with Crippen LogP contribution in [-0.2, 0) is 16.0 Å². The zero-order valence-electron chi connectivity index (χ0n) is 13.4. The highest BCUT2D eigenvalue weighted by molar-refractivity contribution is 7.17. The first kappa shape index (κ1) is 15.5. The van der Waals surface area contributed by atoms with E-state index in [2.05, 4.69) is 27.4 Å². The maximum Gasteiger partial charge on any atom is 0.0809 e. The van der Waals surface area contributed by atoms with E-state index in [1.54, 1.807) is 11.3 Å². The average molecular weight is 332 g/mol. The number of rotatable bonds is 4. The Morgan fingerprint density at radius 1 is 1.17 bits per heavy atom. The number of nitrogens with zero attached hydrogens (tertiary/aromatic N) is 2. The van der Waals surface area contributed by atoms with Crippen LogP contribution >= 0.6 is 11.3 Å². The van der Waals surface area contributed by atoms with Crippen molar-refractivity contribution in [1.29, 1.82) is 0 Å². The maximum absolute atomic E-state index is 6.26. The van der Waals surface area contributed by atoms with Crippen molar-refractivity contribution in [3.05, 3.63) is 29.3 Å². The molecule has 5 heteroatoms. The normalized spacial score (nSPS) is 21.9. The zero-order valence-corrected chi connectivity index (χ0v) is 14.3. The van der Waals surface area contributed by atoms with Crippen LogP contribution in [0.5, 0.6) is 0 Å². The van der Waals surface area contributed by atoms with Gasteiger partial charge in [0.1, 0.15) is 0 Å². The molecule has 23 heavy (non-hydrogen) atoms. The Balaban J connectivity index is 1.27. The Kier molecular flexibility index (Phi) is 4.90. The van der Waals surface area contributed by atoms with Gasteiger partial charge in [-0.1, -0.05) is 0 Å². The molecule has 0 amide bonds. The summed E-state index contributed by atoms with van der Waals surface area (Å²) in [4.78, 5) is 7.07. The van der Waals surface area contributed by atoms with Crippen molar-refractivity contribution in [2.45, 2.75) is 44.4 Å². The summed E-state index contributed by atoms with van der Waals surface area (Å²) in [5.41, 5.74) is 2.44. The Morgan fingerprint density at radius 2 is 1.96 bits per heavy atom. The average Bonchev–Trinajstić information content (AvgIpc) is 3.05. The van der Waals surface area contributed by atoms with E-state index in [4.69, 9.17) is 9.47 Å². The molecule has 2 fully saturated rings. The summed E-state index contributed by atoms with van der Waals surface area (Å²) in [7, 11) is 0.